The zero-order chi connectivity index (χ0) is 20.2. The minimum atomic E-state index is -0.223. The van der Waals surface area contributed by atoms with Crippen molar-refractivity contribution in [1.29, 1.82) is 0 Å². The van der Waals surface area contributed by atoms with Gasteiger partial charge in [-0.2, -0.15) is 4.68 Å². The van der Waals surface area contributed by atoms with Crippen LogP contribution in [0, 0.1) is 13.8 Å². The van der Waals surface area contributed by atoms with Gasteiger partial charge in [0.25, 0.3) is 0 Å². The number of para-hydroxylation sites is 3. The molecule has 1 N–H and O–H groups in total. The first-order valence-corrected chi connectivity index (χ1v) is 10.2. The van der Waals surface area contributed by atoms with Crippen molar-refractivity contribution in [2.45, 2.75) is 25.1 Å². The first-order chi connectivity index (χ1) is 14.1. The first kappa shape index (κ1) is 19.3. The molecule has 0 fully saturated rings. The Labute approximate surface area is 172 Å². The molecule has 8 nitrogen and oxygen atoms in total. The third-order valence-electron chi connectivity index (χ3n) is 4.52. The standard InChI is InChI=1S/C20H21N5O3S/c1-13-6-5-7-14(2)19(13)25-20(22-23-24-25)29-12-18(26)21-10-15-11-27-16-8-3-4-9-17(16)28-15/h3-9,15H,10-12H2,1-2H3,(H,21,26)/t15-/m1/s1. The third-order valence-corrected chi connectivity index (χ3v) is 5.44. The summed E-state index contributed by atoms with van der Waals surface area (Å²) >= 11 is 1.29. The molecular formula is C20H21N5O3S. The Bertz CT molecular complexity index is 1000. The molecule has 1 aromatic heterocycles. The van der Waals surface area contributed by atoms with E-state index in [0.29, 0.717) is 24.1 Å². The van der Waals surface area contributed by atoms with Crippen LogP contribution in [0.4, 0.5) is 0 Å². The van der Waals surface area contributed by atoms with Crippen molar-refractivity contribution >= 4 is 17.7 Å². The van der Waals surface area contributed by atoms with Gasteiger partial charge in [0.1, 0.15) is 12.7 Å². The molecule has 2 aromatic carbocycles. The zero-order valence-corrected chi connectivity index (χ0v) is 17.0. The molecule has 0 saturated heterocycles. The number of hydrogen-bond acceptors (Lipinski definition) is 7. The molecule has 0 saturated carbocycles. The summed E-state index contributed by atoms with van der Waals surface area (Å²) in [5.41, 5.74) is 3.07. The Hall–Kier alpha value is -3.07. The van der Waals surface area contributed by atoms with Crippen molar-refractivity contribution in [3.8, 4) is 17.2 Å². The van der Waals surface area contributed by atoms with E-state index >= 15 is 0 Å². The fourth-order valence-corrected chi connectivity index (χ4v) is 3.83. The topological polar surface area (TPSA) is 91.2 Å². The number of rotatable bonds is 6. The number of thioether (sulfide) groups is 1. The normalized spacial score (nSPS) is 15.2. The Morgan fingerprint density at radius 2 is 1.93 bits per heavy atom. The largest absolute Gasteiger partial charge is 0.486 e. The average Bonchev–Trinajstić information content (AvgIpc) is 3.18. The van der Waals surface area contributed by atoms with Crippen LogP contribution in [-0.2, 0) is 4.79 Å². The maximum atomic E-state index is 12.3. The van der Waals surface area contributed by atoms with Crippen molar-refractivity contribution in [2.24, 2.45) is 0 Å². The second kappa shape index (κ2) is 8.52. The lowest BCUT2D eigenvalue weighted by molar-refractivity contribution is -0.119. The zero-order valence-electron chi connectivity index (χ0n) is 16.2. The van der Waals surface area contributed by atoms with Crippen LogP contribution in [0.2, 0.25) is 0 Å². The lowest BCUT2D eigenvalue weighted by Gasteiger charge is -2.26. The van der Waals surface area contributed by atoms with Crippen molar-refractivity contribution in [2.75, 3.05) is 18.9 Å². The molecule has 0 spiro atoms. The van der Waals surface area contributed by atoms with Crippen LogP contribution < -0.4 is 14.8 Å². The SMILES string of the molecule is Cc1cccc(C)c1-n1nnnc1SCC(=O)NC[C@@H]1COc2ccccc2O1. The number of benzene rings is 2. The van der Waals surface area contributed by atoms with Gasteiger partial charge in [0.15, 0.2) is 11.5 Å². The van der Waals surface area contributed by atoms with Crippen molar-refractivity contribution in [1.82, 2.24) is 25.5 Å². The van der Waals surface area contributed by atoms with Gasteiger partial charge >= 0.3 is 0 Å². The van der Waals surface area contributed by atoms with Gasteiger partial charge < -0.3 is 14.8 Å². The highest BCUT2D eigenvalue weighted by atomic mass is 32.2. The van der Waals surface area contributed by atoms with Crippen LogP contribution in [-0.4, -0.2) is 51.1 Å². The summed E-state index contributed by atoms with van der Waals surface area (Å²) < 4.78 is 13.2. The lowest BCUT2D eigenvalue weighted by Crippen LogP contribution is -2.41. The van der Waals surface area contributed by atoms with E-state index in [1.807, 2.05) is 56.3 Å². The monoisotopic (exact) mass is 411 g/mol. The summed E-state index contributed by atoms with van der Waals surface area (Å²) in [6, 6.07) is 13.5. The summed E-state index contributed by atoms with van der Waals surface area (Å²) in [6.45, 7) is 4.79. The molecule has 0 radical (unpaired) electrons. The Morgan fingerprint density at radius 3 is 2.72 bits per heavy atom. The predicted octanol–water partition coefficient (Wildman–Crippen LogP) is 2.33. The highest BCUT2D eigenvalue weighted by molar-refractivity contribution is 7.99. The van der Waals surface area contributed by atoms with Crippen LogP contribution in [0.5, 0.6) is 11.5 Å². The Balaban J connectivity index is 1.32. The van der Waals surface area contributed by atoms with Crippen molar-refractivity contribution in [3.63, 3.8) is 0 Å². The van der Waals surface area contributed by atoms with E-state index in [-0.39, 0.29) is 17.8 Å². The summed E-state index contributed by atoms with van der Waals surface area (Å²) in [5, 5.41) is 15.4. The molecule has 3 aromatic rings. The van der Waals surface area contributed by atoms with Gasteiger partial charge in [-0.1, -0.05) is 42.1 Å². The molecule has 29 heavy (non-hydrogen) atoms. The number of ether oxygens (including phenoxy) is 2. The Morgan fingerprint density at radius 1 is 1.17 bits per heavy atom. The number of tetrazole rings is 1. The van der Waals surface area contributed by atoms with E-state index in [2.05, 4.69) is 20.8 Å². The number of carbonyl (C=O) groups excluding carboxylic acids is 1. The number of fused-ring (bicyclic) bond motifs is 1. The minimum absolute atomic E-state index is 0.117. The maximum absolute atomic E-state index is 12.3. The number of amides is 1. The highest BCUT2D eigenvalue weighted by Gasteiger charge is 2.21. The van der Waals surface area contributed by atoms with E-state index in [9.17, 15) is 4.79 Å². The van der Waals surface area contributed by atoms with Crippen LogP contribution in [0.25, 0.3) is 5.69 Å². The van der Waals surface area contributed by atoms with E-state index in [4.69, 9.17) is 9.47 Å². The number of hydrogen-bond donors (Lipinski definition) is 1. The summed E-state index contributed by atoms with van der Waals surface area (Å²) in [5.74, 6) is 1.51. The number of aromatic nitrogens is 4. The second-order valence-corrected chi connectivity index (χ2v) is 7.65. The van der Waals surface area contributed by atoms with Crippen LogP contribution in [0.1, 0.15) is 11.1 Å². The van der Waals surface area contributed by atoms with Gasteiger partial charge in [-0.3, -0.25) is 4.79 Å². The number of carbonyl (C=O) groups is 1. The van der Waals surface area contributed by atoms with E-state index in [1.165, 1.54) is 11.8 Å². The molecule has 0 aliphatic carbocycles. The molecule has 2 heterocycles. The molecule has 4 rings (SSSR count). The number of nitrogens with zero attached hydrogens (tertiary/aromatic N) is 4. The first-order valence-electron chi connectivity index (χ1n) is 9.25. The molecule has 150 valence electrons. The van der Waals surface area contributed by atoms with Crippen LogP contribution in [0.3, 0.4) is 0 Å². The maximum Gasteiger partial charge on any atom is 0.230 e. The van der Waals surface area contributed by atoms with Gasteiger partial charge in [-0.05, 0) is 47.5 Å². The smallest absolute Gasteiger partial charge is 0.230 e. The van der Waals surface area contributed by atoms with Crippen LogP contribution >= 0.6 is 11.8 Å². The van der Waals surface area contributed by atoms with Gasteiger partial charge in [0.2, 0.25) is 11.1 Å². The van der Waals surface area contributed by atoms with Gasteiger partial charge in [-0.25, -0.2) is 0 Å². The Kier molecular flexibility index (Phi) is 5.66. The number of aryl methyl sites for hydroxylation is 2. The average molecular weight is 411 g/mol. The van der Waals surface area contributed by atoms with Crippen molar-refractivity contribution in [3.05, 3.63) is 53.6 Å². The highest BCUT2D eigenvalue weighted by Crippen LogP contribution is 2.30. The molecular weight excluding hydrogens is 390 g/mol. The molecule has 0 unspecified atom stereocenters. The predicted molar refractivity (Wildman–Crippen MR) is 109 cm³/mol. The third kappa shape index (κ3) is 4.34. The summed E-state index contributed by atoms with van der Waals surface area (Å²) in [6.07, 6.45) is -0.223. The van der Waals surface area contributed by atoms with E-state index < -0.39 is 0 Å². The number of nitrogens with one attached hydrogen (secondary N) is 1. The van der Waals surface area contributed by atoms with Crippen LogP contribution in [0.15, 0.2) is 47.6 Å². The minimum Gasteiger partial charge on any atom is -0.486 e. The fourth-order valence-electron chi connectivity index (χ4n) is 3.12. The second-order valence-electron chi connectivity index (χ2n) is 6.70. The van der Waals surface area contributed by atoms with Gasteiger partial charge in [0, 0.05) is 0 Å². The molecule has 9 heteroatoms. The van der Waals surface area contributed by atoms with E-state index in [1.54, 1.807) is 4.68 Å². The molecule has 1 atom stereocenters. The van der Waals surface area contributed by atoms with E-state index in [0.717, 1.165) is 22.6 Å². The van der Waals surface area contributed by atoms with Crippen molar-refractivity contribution < 1.29 is 14.3 Å². The fraction of sp³-hybridized carbons (Fsp3) is 0.300. The molecule has 1 amide bonds. The van der Waals surface area contributed by atoms with Gasteiger partial charge in [0.05, 0.1) is 18.0 Å². The molecule has 0 bridgehead atoms. The van der Waals surface area contributed by atoms with Gasteiger partial charge in [-0.15, -0.1) is 5.10 Å². The molecule has 1 aliphatic rings. The summed E-state index contributed by atoms with van der Waals surface area (Å²) in [7, 11) is 0. The quantitative estimate of drug-likeness (QED) is 0.623. The molecule has 1 aliphatic heterocycles. The summed E-state index contributed by atoms with van der Waals surface area (Å²) in [4.78, 5) is 12.3. The lowest BCUT2D eigenvalue weighted by atomic mass is 10.1.